The molecule has 0 spiro atoms. The van der Waals surface area contributed by atoms with Gasteiger partial charge in [0.2, 0.25) is 5.89 Å². The predicted molar refractivity (Wildman–Crippen MR) is 154 cm³/mol. The molecule has 0 radical (unpaired) electrons. The number of nitrogens with one attached hydrogen (secondary N) is 1. The van der Waals surface area contributed by atoms with Crippen LogP contribution in [0.3, 0.4) is 0 Å². The minimum absolute atomic E-state index is 0.0154. The first kappa shape index (κ1) is 29.5. The van der Waals surface area contributed by atoms with E-state index in [2.05, 4.69) is 10.3 Å². The largest absolute Gasteiger partial charge is 0.493 e. The van der Waals surface area contributed by atoms with E-state index in [0.29, 0.717) is 37.6 Å². The van der Waals surface area contributed by atoms with Crippen molar-refractivity contribution in [1.82, 2.24) is 15.3 Å². The number of aliphatic carboxylic acids is 1. The van der Waals surface area contributed by atoms with Crippen LogP contribution in [0.25, 0.3) is 22.6 Å². The number of aromatic nitrogens is 2. The standard InChI is InChI=1S/C32H35N3O6/c1-21(2)40-31(38)20-34-19-27-17-28(11-9-23(27)10-12-30(36)37)39-15-13-29-22(3)41-32(35-29)25-7-4-6-24(16-25)26-8-5-14-33-18-26/h4-9,11,14,16-18,21,34H,10,12-13,15,19-20H2,1-3H3,(H,36,37). The van der Waals surface area contributed by atoms with Crippen LogP contribution < -0.4 is 10.1 Å². The minimum atomic E-state index is -0.865. The van der Waals surface area contributed by atoms with Gasteiger partial charge in [0.1, 0.15) is 11.5 Å². The minimum Gasteiger partial charge on any atom is -0.493 e. The average Bonchev–Trinajstić information content (AvgIpc) is 3.33. The summed E-state index contributed by atoms with van der Waals surface area (Å²) in [6.07, 6.45) is 4.33. The van der Waals surface area contributed by atoms with Gasteiger partial charge in [0.05, 0.1) is 24.9 Å². The van der Waals surface area contributed by atoms with Gasteiger partial charge >= 0.3 is 11.9 Å². The van der Waals surface area contributed by atoms with Crippen LogP contribution in [-0.4, -0.2) is 46.3 Å². The third kappa shape index (κ3) is 8.74. The van der Waals surface area contributed by atoms with Gasteiger partial charge < -0.3 is 24.3 Å². The molecule has 0 fully saturated rings. The van der Waals surface area contributed by atoms with Crippen molar-refractivity contribution in [3.05, 3.63) is 89.6 Å². The normalized spacial score (nSPS) is 11.0. The van der Waals surface area contributed by atoms with Crippen LogP contribution >= 0.6 is 0 Å². The van der Waals surface area contributed by atoms with Gasteiger partial charge in [0, 0.05) is 42.9 Å². The smallest absolute Gasteiger partial charge is 0.320 e. The fourth-order valence-electron chi connectivity index (χ4n) is 4.36. The zero-order valence-electron chi connectivity index (χ0n) is 23.6. The Bertz CT molecular complexity index is 1470. The Morgan fingerprint density at radius 1 is 1.00 bits per heavy atom. The molecule has 9 heteroatoms. The molecule has 0 aliphatic rings. The maximum atomic E-state index is 11.9. The second-order valence-electron chi connectivity index (χ2n) is 9.91. The van der Waals surface area contributed by atoms with E-state index in [1.807, 2.05) is 67.7 Å². The second-order valence-corrected chi connectivity index (χ2v) is 9.91. The van der Waals surface area contributed by atoms with E-state index in [1.165, 1.54) is 0 Å². The molecule has 0 bridgehead atoms. The highest BCUT2D eigenvalue weighted by Gasteiger charge is 2.14. The van der Waals surface area contributed by atoms with Gasteiger partial charge in [-0.2, -0.15) is 0 Å². The number of nitrogens with zero attached hydrogens (tertiary/aromatic N) is 2. The van der Waals surface area contributed by atoms with Gasteiger partial charge in [-0.15, -0.1) is 0 Å². The number of hydrogen-bond donors (Lipinski definition) is 2. The average molecular weight is 558 g/mol. The molecule has 0 atom stereocenters. The van der Waals surface area contributed by atoms with Crippen molar-refractivity contribution in [2.75, 3.05) is 13.2 Å². The number of esters is 1. The topological polar surface area (TPSA) is 124 Å². The second kappa shape index (κ2) is 14.2. The summed E-state index contributed by atoms with van der Waals surface area (Å²) in [5.74, 6) is 0.727. The molecule has 4 rings (SSSR count). The Hall–Kier alpha value is -4.50. The summed E-state index contributed by atoms with van der Waals surface area (Å²) >= 11 is 0. The van der Waals surface area contributed by atoms with Gasteiger partial charge in [0.25, 0.3) is 0 Å². The Morgan fingerprint density at radius 2 is 1.80 bits per heavy atom. The van der Waals surface area contributed by atoms with Crippen LogP contribution in [0.4, 0.5) is 0 Å². The van der Waals surface area contributed by atoms with E-state index in [0.717, 1.165) is 39.3 Å². The quantitative estimate of drug-likeness (QED) is 0.196. The van der Waals surface area contributed by atoms with Gasteiger partial charge in [-0.25, -0.2) is 4.98 Å². The molecule has 2 N–H and O–H groups in total. The van der Waals surface area contributed by atoms with Gasteiger partial charge in [-0.05, 0) is 74.2 Å². The van der Waals surface area contributed by atoms with Crippen LogP contribution in [0.2, 0.25) is 0 Å². The Labute approximate surface area is 239 Å². The number of carboxylic acid groups (broad SMARTS) is 1. The van der Waals surface area contributed by atoms with E-state index < -0.39 is 5.97 Å². The molecule has 0 unspecified atom stereocenters. The number of carboxylic acids is 1. The maximum absolute atomic E-state index is 11.9. The lowest BCUT2D eigenvalue weighted by atomic mass is 10.0. The molecular weight excluding hydrogens is 522 g/mol. The Balaban J connectivity index is 1.39. The highest BCUT2D eigenvalue weighted by atomic mass is 16.5. The van der Waals surface area contributed by atoms with E-state index in [-0.39, 0.29) is 25.0 Å². The summed E-state index contributed by atoms with van der Waals surface area (Å²) in [6, 6.07) is 17.5. The molecule has 2 heterocycles. The number of pyridine rings is 1. The fraction of sp³-hybridized carbons (Fsp3) is 0.312. The van der Waals surface area contributed by atoms with Crippen molar-refractivity contribution in [3.63, 3.8) is 0 Å². The molecule has 0 amide bonds. The first-order valence-electron chi connectivity index (χ1n) is 13.6. The third-order valence-electron chi connectivity index (χ3n) is 6.34. The summed E-state index contributed by atoms with van der Waals surface area (Å²) < 4.78 is 17.2. The van der Waals surface area contributed by atoms with Crippen LogP contribution in [0, 0.1) is 6.92 Å². The molecule has 4 aromatic rings. The molecule has 0 saturated heterocycles. The molecule has 9 nitrogen and oxygen atoms in total. The number of carbonyl (C=O) groups excluding carboxylic acids is 1. The van der Waals surface area contributed by atoms with E-state index in [1.54, 1.807) is 20.0 Å². The van der Waals surface area contributed by atoms with Gasteiger partial charge in [0.15, 0.2) is 0 Å². The highest BCUT2D eigenvalue weighted by molar-refractivity contribution is 5.72. The first-order chi connectivity index (χ1) is 19.8. The van der Waals surface area contributed by atoms with Gasteiger partial charge in [-0.3, -0.25) is 14.6 Å². The van der Waals surface area contributed by atoms with Crippen LogP contribution in [0.1, 0.15) is 42.8 Å². The van der Waals surface area contributed by atoms with E-state index in [9.17, 15) is 9.59 Å². The van der Waals surface area contributed by atoms with Crippen LogP contribution in [0.15, 0.2) is 71.4 Å². The number of carbonyl (C=O) groups is 2. The van der Waals surface area contributed by atoms with Crippen molar-refractivity contribution >= 4 is 11.9 Å². The summed E-state index contributed by atoms with van der Waals surface area (Å²) in [5.41, 5.74) is 5.50. The number of rotatable bonds is 14. The number of oxazole rings is 1. The van der Waals surface area contributed by atoms with Crippen molar-refractivity contribution in [1.29, 1.82) is 0 Å². The number of aryl methyl sites for hydroxylation is 2. The summed E-state index contributed by atoms with van der Waals surface area (Å²) in [4.78, 5) is 31.9. The number of ether oxygens (including phenoxy) is 2. The lowest BCUT2D eigenvalue weighted by Crippen LogP contribution is -2.26. The van der Waals surface area contributed by atoms with E-state index in [4.69, 9.17) is 24.0 Å². The predicted octanol–water partition coefficient (Wildman–Crippen LogP) is 5.39. The van der Waals surface area contributed by atoms with Crippen LogP contribution in [0.5, 0.6) is 5.75 Å². The maximum Gasteiger partial charge on any atom is 0.320 e. The molecule has 2 aromatic carbocycles. The summed E-state index contributed by atoms with van der Waals surface area (Å²) in [5, 5.41) is 12.2. The zero-order valence-corrected chi connectivity index (χ0v) is 23.6. The van der Waals surface area contributed by atoms with E-state index >= 15 is 0 Å². The Morgan fingerprint density at radius 3 is 2.56 bits per heavy atom. The van der Waals surface area contributed by atoms with Crippen molar-refractivity contribution in [2.45, 2.75) is 52.7 Å². The molecule has 41 heavy (non-hydrogen) atoms. The molecule has 0 aliphatic heterocycles. The molecule has 0 aliphatic carbocycles. The summed E-state index contributed by atoms with van der Waals surface area (Å²) in [7, 11) is 0. The monoisotopic (exact) mass is 557 g/mol. The lowest BCUT2D eigenvalue weighted by Gasteiger charge is -2.14. The highest BCUT2D eigenvalue weighted by Crippen LogP contribution is 2.27. The van der Waals surface area contributed by atoms with Crippen molar-refractivity contribution in [2.24, 2.45) is 0 Å². The third-order valence-corrected chi connectivity index (χ3v) is 6.34. The fourth-order valence-corrected chi connectivity index (χ4v) is 4.36. The molecule has 214 valence electrons. The number of benzene rings is 2. The molecular formula is C32H35N3O6. The first-order valence-corrected chi connectivity index (χ1v) is 13.6. The SMILES string of the molecule is Cc1oc(-c2cccc(-c3cccnc3)c2)nc1CCOc1ccc(CCC(=O)O)c(CNCC(=O)OC(C)C)c1. The van der Waals surface area contributed by atoms with Crippen molar-refractivity contribution < 1.29 is 28.6 Å². The van der Waals surface area contributed by atoms with Gasteiger partial charge in [-0.1, -0.05) is 24.3 Å². The molecule has 2 aromatic heterocycles. The van der Waals surface area contributed by atoms with Crippen LogP contribution in [-0.2, 0) is 33.7 Å². The number of hydrogen-bond acceptors (Lipinski definition) is 8. The zero-order chi connectivity index (χ0) is 29.2. The lowest BCUT2D eigenvalue weighted by molar-refractivity contribution is -0.146. The van der Waals surface area contributed by atoms with Crippen molar-refractivity contribution in [3.8, 4) is 28.3 Å². The Kier molecular flexibility index (Phi) is 10.2. The summed E-state index contributed by atoms with van der Waals surface area (Å²) in [6.45, 7) is 6.30. The molecule has 0 saturated carbocycles.